The molecule has 5 nitrogen and oxygen atoms in total. The highest BCUT2D eigenvalue weighted by Gasteiger charge is 2.10. The molecule has 6 heteroatoms. The maximum absolute atomic E-state index is 13.1. The molecular weight excluding hydrogens is 287 g/mol. The summed E-state index contributed by atoms with van der Waals surface area (Å²) in [6, 6.07) is 8.03. The number of H-pyrrole nitrogens is 1. The zero-order valence-corrected chi connectivity index (χ0v) is 12.0. The third kappa shape index (κ3) is 2.50. The summed E-state index contributed by atoms with van der Waals surface area (Å²) in [6.07, 6.45) is 1.38. The lowest BCUT2D eigenvalue weighted by Gasteiger charge is -2.09. The number of aromatic nitrogens is 2. The Morgan fingerprint density at radius 2 is 1.73 bits per heavy atom. The van der Waals surface area contributed by atoms with Crippen molar-refractivity contribution in [1.82, 2.24) is 9.97 Å². The molecule has 0 fully saturated rings. The van der Waals surface area contributed by atoms with E-state index in [-0.39, 0.29) is 5.56 Å². The van der Waals surface area contributed by atoms with Gasteiger partial charge in [-0.15, -0.1) is 0 Å². The normalized spacial score (nSPS) is 10.7. The average Bonchev–Trinajstić information content (AvgIpc) is 2.53. The van der Waals surface area contributed by atoms with Gasteiger partial charge in [-0.2, -0.15) is 4.39 Å². The molecule has 0 amide bonds. The van der Waals surface area contributed by atoms with E-state index in [4.69, 9.17) is 9.47 Å². The molecular formula is C16H13FN2O3. The van der Waals surface area contributed by atoms with Crippen molar-refractivity contribution in [3.63, 3.8) is 0 Å². The topological polar surface area (TPSA) is 64.2 Å². The fourth-order valence-electron chi connectivity index (χ4n) is 2.25. The minimum absolute atomic E-state index is 0.326. The van der Waals surface area contributed by atoms with E-state index >= 15 is 0 Å². The number of fused-ring (bicyclic) bond motifs is 1. The molecule has 0 aliphatic heterocycles. The lowest BCUT2D eigenvalue weighted by molar-refractivity contribution is 0.394. The number of rotatable bonds is 3. The molecule has 0 aliphatic rings. The van der Waals surface area contributed by atoms with Crippen LogP contribution in [0.2, 0.25) is 0 Å². The number of methoxy groups -OCH3 is 2. The monoisotopic (exact) mass is 300 g/mol. The molecule has 2 heterocycles. The number of benzene rings is 1. The van der Waals surface area contributed by atoms with Gasteiger partial charge in [0, 0.05) is 29.3 Å². The molecule has 22 heavy (non-hydrogen) atoms. The van der Waals surface area contributed by atoms with Crippen molar-refractivity contribution in [3.05, 3.63) is 52.8 Å². The summed E-state index contributed by atoms with van der Waals surface area (Å²) in [5, 5.41) is 0.637. The number of hydrogen-bond acceptors (Lipinski definition) is 4. The molecule has 0 saturated carbocycles. The molecule has 0 aliphatic carbocycles. The SMILES string of the molecule is COc1cc(OC)cc(-c2cc3cnc(F)cc3[nH]c2=O)c1. The van der Waals surface area contributed by atoms with Crippen molar-refractivity contribution in [2.45, 2.75) is 0 Å². The summed E-state index contributed by atoms with van der Waals surface area (Å²) < 4.78 is 23.5. The lowest BCUT2D eigenvalue weighted by atomic mass is 10.0. The van der Waals surface area contributed by atoms with Gasteiger partial charge >= 0.3 is 0 Å². The van der Waals surface area contributed by atoms with E-state index in [1.807, 2.05) is 0 Å². The quantitative estimate of drug-likeness (QED) is 0.755. The zero-order valence-electron chi connectivity index (χ0n) is 12.0. The number of pyridine rings is 2. The van der Waals surface area contributed by atoms with Gasteiger partial charge in [0.1, 0.15) is 11.5 Å². The number of nitrogens with one attached hydrogen (secondary N) is 1. The highest BCUT2D eigenvalue weighted by molar-refractivity contribution is 5.83. The van der Waals surface area contributed by atoms with E-state index in [9.17, 15) is 9.18 Å². The summed E-state index contributed by atoms with van der Waals surface area (Å²) in [5.74, 6) is 0.510. The summed E-state index contributed by atoms with van der Waals surface area (Å²) in [6.45, 7) is 0. The minimum Gasteiger partial charge on any atom is -0.497 e. The van der Waals surface area contributed by atoms with E-state index in [2.05, 4.69) is 9.97 Å². The van der Waals surface area contributed by atoms with Crippen molar-refractivity contribution >= 4 is 10.9 Å². The molecule has 0 unspecified atom stereocenters. The van der Waals surface area contributed by atoms with Crippen LogP contribution in [0.15, 0.2) is 41.3 Å². The number of halogens is 1. The number of hydrogen-bond donors (Lipinski definition) is 1. The molecule has 0 radical (unpaired) electrons. The van der Waals surface area contributed by atoms with E-state index < -0.39 is 5.95 Å². The molecule has 0 atom stereocenters. The summed E-state index contributed by atoms with van der Waals surface area (Å²) in [5.41, 5.74) is 1.14. The van der Waals surface area contributed by atoms with Crippen LogP contribution in [0, 0.1) is 5.95 Å². The Labute approximate surface area is 125 Å². The standard InChI is InChI=1S/C16H13FN2O3/c1-21-11-3-9(4-12(6-11)22-2)13-5-10-8-18-15(17)7-14(10)19-16(13)20/h3-8H,1-2H3,(H,19,20). The Bertz CT molecular complexity index is 883. The predicted octanol–water partition coefficient (Wildman–Crippen LogP) is 2.75. The Kier molecular flexibility index (Phi) is 3.50. The molecule has 0 bridgehead atoms. The minimum atomic E-state index is -0.640. The van der Waals surface area contributed by atoms with Gasteiger partial charge in [0.2, 0.25) is 5.95 Å². The van der Waals surface area contributed by atoms with Crippen LogP contribution >= 0.6 is 0 Å². The molecule has 1 N–H and O–H groups in total. The highest BCUT2D eigenvalue weighted by atomic mass is 19.1. The maximum atomic E-state index is 13.1. The molecule has 112 valence electrons. The van der Waals surface area contributed by atoms with Crippen molar-refractivity contribution in [2.75, 3.05) is 14.2 Å². The van der Waals surface area contributed by atoms with Gasteiger partial charge < -0.3 is 14.5 Å². The van der Waals surface area contributed by atoms with E-state index in [0.717, 1.165) is 0 Å². The second-order valence-electron chi connectivity index (χ2n) is 4.71. The number of ether oxygens (including phenoxy) is 2. The van der Waals surface area contributed by atoms with E-state index in [1.54, 1.807) is 24.3 Å². The Balaban J connectivity index is 2.23. The molecule has 0 saturated heterocycles. The first kappa shape index (κ1) is 14.1. The first-order valence-electron chi connectivity index (χ1n) is 6.53. The number of aromatic amines is 1. The molecule has 3 rings (SSSR count). The lowest BCUT2D eigenvalue weighted by Crippen LogP contribution is -2.09. The van der Waals surface area contributed by atoms with Crippen LogP contribution < -0.4 is 15.0 Å². The molecule has 2 aromatic heterocycles. The molecule has 0 spiro atoms. The molecule has 3 aromatic rings. The maximum Gasteiger partial charge on any atom is 0.256 e. The van der Waals surface area contributed by atoms with E-state index in [1.165, 1.54) is 26.5 Å². The van der Waals surface area contributed by atoms with Gasteiger partial charge in [0.05, 0.1) is 19.7 Å². The van der Waals surface area contributed by atoms with Crippen LogP contribution in [0.5, 0.6) is 11.5 Å². The van der Waals surface area contributed by atoms with Crippen LogP contribution in [-0.4, -0.2) is 24.2 Å². The average molecular weight is 300 g/mol. The van der Waals surface area contributed by atoms with Crippen molar-refractivity contribution in [3.8, 4) is 22.6 Å². The van der Waals surface area contributed by atoms with Crippen LogP contribution in [-0.2, 0) is 0 Å². The second-order valence-corrected chi connectivity index (χ2v) is 4.71. The van der Waals surface area contributed by atoms with Crippen LogP contribution in [0.3, 0.4) is 0 Å². The largest absolute Gasteiger partial charge is 0.497 e. The summed E-state index contributed by atoms with van der Waals surface area (Å²) in [4.78, 5) is 18.5. The van der Waals surface area contributed by atoms with Crippen LogP contribution in [0.4, 0.5) is 4.39 Å². The Hall–Kier alpha value is -2.89. The van der Waals surface area contributed by atoms with Gasteiger partial charge in [0.15, 0.2) is 0 Å². The zero-order chi connectivity index (χ0) is 15.7. The fraction of sp³-hybridized carbons (Fsp3) is 0.125. The fourth-order valence-corrected chi connectivity index (χ4v) is 2.25. The third-order valence-corrected chi connectivity index (χ3v) is 3.36. The number of nitrogens with zero attached hydrogens (tertiary/aromatic N) is 1. The first-order valence-corrected chi connectivity index (χ1v) is 6.53. The van der Waals surface area contributed by atoms with Gasteiger partial charge in [-0.1, -0.05) is 0 Å². The van der Waals surface area contributed by atoms with Gasteiger partial charge in [-0.05, 0) is 23.8 Å². The van der Waals surface area contributed by atoms with Gasteiger partial charge in [-0.3, -0.25) is 4.79 Å². The smallest absolute Gasteiger partial charge is 0.256 e. The first-order chi connectivity index (χ1) is 10.6. The molecule has 1 aromatic carbocycles. The van der Waals surface area contributed by atoms with Crippen LogP contribution in [0.25, 0.3) is 22.0 Å². The van der Waals surface area contributed by atoms with E-state index in [0.29, 0.717) is 33.5 Å². The van der Waals surface area contributed by atoms with Crippen molar-refractivity contribution in [1.29, 1.82) is 0 Å². The highest BCUT2D eigenvalue weighted by Crippen LogP contribution is 2.29. The predicted molar refractivity (Wildman–Crippen MR) is 80.9 cm³/mol. The summed E-state index contributed by atoms with van der Waals surface area (Å²) >= 11 is 0. The van der Waals surface area contributed by atoms with Gasteiger partial charge in [0.25, 0.3) is 5.56 Å². The third-order valence-electron chi connectivity index (χ3n) is 3.36. The van der Waals surface area contributed by atoms with Gasteiger partial charge in [-0.25, -0.2) is 4.98 Å². The van der Waals surface area contributed by atoms with Crippen molar-refractivity contribution < 1.29 is 13.9 Å². The summed E-state index contributed by atoms with van der Waals surface area (Å²) in [7, 11) is 3.08. The van der Waals surface area contributed by atoms with Crippen molar-refractivity contribution in [2.24, 2.45) is 0 Å². The Morgan fingerprint density at radius 3 is 2.36 bits per heavy atom. The van der Waals surface area contributed by atoms with Crippen LogP contribution in [0.1, 0.15) is 0 Å². The second kappa shape index (κ2) is 5.48. The Morgan fingerprint density at radius 1 is 1.05 bits per heavy atom.